The highest BCUT2D eigenvalue weighted by Gasteiger charge is 2.51. The number of fused-ring (bicyclic) bond motifs is 2. The predicted molar refractivity (Wildman–Crippen MR) is 89.6 cm³/mol. The van der Waals surface area contributed by atoms with Crippen LogP contribution in [0.5, 0.6) is 0 Å². The minimum atomic E-state index is -0.419. The number of esters is 2. The van der Waals surface area contributed by atoms with Crippen molar-refractivity contribution in [2.75, 3.05) is 7.05 Å². The van der Waals surface area contributed by atoms with Gasteiger partial charge in [0.15, 0.2) is 0 Å². The molecule has 2 heterocycles. The van der Waals surface area contributed by atoms with Crippen LogP contribution in [0.3, 0.4) is 0 Å². The van der Waals surface area contributed by atoms with Gasteiger partial charge in [-0.05, 0) is 45.9 Å². The Kier molecular flexibility index (Phi) is 4.90. The number of ether oxygens (including phenoxy) is 2. The summed E-state index contributed by atoms with van der Waals surface area (Å²) >= 11 is 0. The van der Waals surface area contributed by atoms with Crippen LogP contribution in [0.4, 0.5) is 0 Å². The van der Waals surface area contributed by atoms with E-state index in [1.54, 1.807) is 24.3 Å². The monoisotopic (exact) mass is 331 g/mol. The summed E-state index contributed by atoms with van der Waals surface area (Å²) in [5, 5.41) is 0. The molecule has 2 saturated heterocycles. The largest absolute Gasteiger partial charge is 0.463 e. The lowest BCUT2D eigenvalue weighted by Gasteiger charge is -2.41. The zero-order chi connectivity index (χ0) is 17.3. The van der Waals surface area contributed by atoms with E-state index >= 15 is 0 Å². The highest BCUT2D eigenvalue weighted by Crippen LogP contribution is 2.40. The van der Waals surface area contributed by atoms with E-state index in [0.717, 1.165) is 12.8 Å². The van der Waals surface area contributed by atoms with Crippen LogP contribution in [-0.2, 0) is 14.3 Å². The van der Waals surface area contributed by atoms with Crippen LogP contribution in [0.1, 0.15) is 43.5 Å². The van der Waals surface area contributed by atoms with Crippen LogP contribution < -0.4 is 0 Å². The summed E-state index contributed by atoms with van der Waals surface area (Å²) in [7, 11) is 2.05. The van der Waals surface area contributed by atoms with Crippen molar-refractivity contribution in [2.45, 2.75) is 57.4 Å². The van der Waals surface area contributed by atoms with Crippen molar-refractivity contribution >= 4 is 11.9 Å². The molecule has 4 atom stereocenters. The molecule has 1 aromatic rings. The number of rotatable bonds is 4. The van der Waals surface area contributed by atoms with Crippen LogP contribution in [0.15, 0.2) is 30.3 Å². The predicted octanol–water partition coefficient (Wildman–Crippen LogP) is 2.65. The summed E-state index contributed by atoms with van der Waals surface area (Å²) in [4.78, 5) is 27.3. The number of piperidine rings is 1. The van der Waals surface area contributed by atoms with E-state index in [-0.39, 0.29) is 24.1 Å². The molecule has 3 rings (SSSR count). The molecule has 0 spiro atoms. The first-order valence-electron chi connectivity index (χ1n) is 8.66. The highest BCUT2D eigenvalue weighted by molar-refractivity contribution is 5.89. The minimum absolute atomic E-state index is 0.0866. The third kappa shape index (κ3) is 3.31. The van der Waals surface area contributed by atoms with Crippen molar-refractivity contribution in [3.05, 3.63) is 35.9 Å². The quantitative estimate of drug-likeness (QED) is 0.794. The molecule has 0 radical (unpaired) electrons. The van der Waals surface area contributed by atoms with Crippen molar-refractivity contribution in [1.29, 1.82) is 0 Å². The molecule has 2 aliphatic heterocycles. The first kappa shape index (κ1) is 17.0. The normalized spacial score (nSPS) is 29.5. The van der Waals surface area contributed by atoms with Crippen molar-refractivity contribution in [3.8, 4) is 0 Å². The Labute approximate surface area is 142 Å². The number of carbonyl (C=O) groups excluding carboxylic acids is 2. The topological polar surface area (TPSA) is 55.8 Å². The van der Waals surface area contributed by atoms with Crippen molar-refractivity contribution in [2.24, 2.45) is 5.92 Å². The molecule has 0 saturated carbocycles. The Hall–Kier alpha value is -1.88. The molecule has 130 valence electrons. The van der Waals surface area contributed by atoms with E-state index in [9.17, 15) is 9.59 Å². The first-order valence-corrected chi connectivity index (χ1v) is 8.66. The van der Waals surface area contributed by atoms with Gasteiger partial charge < -0.3 is 9.47 Å². The average Bonchev–Trinajstić information content (AvgIpc) is 2.79. The Morgan fingerprint density at radius 1 is 1.17 bits per heavy atom. The molecular formula is C19H25NO4. The van der Waals surface area contributed by atoms with E-state index in [1.165, 1.54) is 0 Å². The van der Waals surface area contributed by atoms with Gasteiger partial charge in [-0.15, -0.1) is 0 Å². The zero-order valence-electron chi connectivity index (χ0n) is 14.5. The molecule has 2 aliphatic rings. The number of nitrogens with zero attached hydrogens (tertiary/aromatic N) is 1. The van der Waals surface area contributed by atoms with Gasteiger partial charge in [0.05, 0.1) is 11.7 Å². The number of carbonyl (C=O) groups is 2. The highest BCUT2D eigenvalue weighted by atomic mass is 16.6. The Bertz CT molecular complexity index is 601. The molecule has 0 aliphatic carbocycles. The molecule has 0 unspecified atom stereocenters. The third-order valence-corrected chi connectivity index (χ3v) is 5.11. The lowest BCUT2D eigenvalue weighted by atomic mass is 9.87. The molecular weight excluding hydrogens is 306 g/mol. The van der Waals surface area contributed by atoms with Crippen LogP contribution in [0.25, 0.3) is 0 Å². The summed E-state index contributed by atoms with van der Waals surface area (Å²) in [6.07, 6.45) is 2.07. The van der Waals surface area contributed by atoms with Gasteiger partial charge in [0.2, 0.25) is 0 Å². The Balaban J connectivity index is 1.79. The maximum absolute atomic E-state index is 12.6. The summed E-state index contributed by atoms with van der Waals surface area (Å²) in [6, 6.07) is 9.38. The standard InChI is InChI=1S/C19H25NO4/c1-12(2)23-19(22)17-15-10-9-14(20(15)3)11-16(17)24-18(21)13-7-5-4-6-8-13/h4-8,12,14-17H,9-11H2,1-3H3/t14-,15+,16-,17+/m0/s1. The second-order valence-electron chi connectivity index (χ2n) is 7.02. The number of benzene rings is 1. The number of hydrogen-bond donors (Lipinski definition) is 0. The summed E-state index contributed by atoms with van der Waals surface area (Å²) in [5.74, 6) is -1.04. The molecule has 24 heavy (non-hydrogen) atoms. The van der Waals surface area contributed by atoms with E-state index in [1.807, 2.05) is 27.0 Å². The smallest absolute Gasteiger partial charge is 0.338 e. The molecule has 0 amide bonds. The van der Waals surface area contributed by atoms with Gasteiger partial charge in [-0.3, -0.25) is 9.69 Å². The van der Waals surface area contributed by atoms with Crippen LogP contribution in [-0.4, -0.2) is 48.2 Å². The van der Waals surface area contributed by atoms with Gasteiger partial charge in [-0.2, -0.15) is 0 Å². The Morgan fingerprint density at radius 2 is 1.88 bits per heavy atom. The van der Waals surface area contributed by atoms with Crippen molar-refractivity contribution in [3.63, 3.8) is 0 Å². The molecule has 0 N–H and O–H groups in total. The summed E-state index contributed by atoms with van der Waals surface area (Å²) in [5.41, 5.74) is 0.514. The van der Waals surface area contributed by atoms with Gasteiger partial charge in [0.1, 0.15) is 12.0 Å². The molecule has 1 aromatic carbocycles. The lowest BCUT2D eigenvalue weighted by molar-refractivity contribution is -0.162. The third-order valence-electron chi connectivity index (χ3n) is 5.11. The zero-order valence-corrected chi connectivity index (χ0v) is 14.5. The van der Waals surface area contributed by atoms with Gasteiger partial charge in [-0.25, -0.2) is 4.79 Å². The minimum Gasteiger partial charge on any atom is -0.463 e. The van der Waals surface area contributed by atoms with Crippen molar-refractivity contribution in [1.82, 2.24) is 4.90 Å². The number of hydrogen-bond acceptors (Lipinski definition) is 5. The van der Waals surface area contributed by atoms with E-state index < -0.39 is 12.0 Å². The summed E-state index contributed by atoms with van der Waals surface area (Å²) < 4.78 is 11.2. The lowest BCUT2D eigenvalue weighted by Crippen LogP contribution is -2.54. The second-order valence-corrected chi connectivity index (χ2v) is 7.02. The van der Waals surface area contributed by atoms with Gasteiger partial charge in [0, 0.05) is 18.5 Å². The van der Waals surface area contributed by atoms with Crippen LogP contribution in [0, 0.1) is 5.92 Å². The molecule has 5 heteroatoms. The second kappa shape index (κ2) is 6.93. The SMILES string of the molecule is CC(C)OC(=O)[C@H]1[C@@H](OC(=O)c2ccccc2)C[C@@H]2CC[C@H]1N2C. The van der Waals surface area contributed by atoms with Crippen LogP contribution in [0.2, 0.25) is 0 Å². The maximum Gasteiger partial charge on any atom is 0.338 e. The summed E-state index contributed by atoms with van der Waals surface area (Å²) in [6.45, 7) is 3.68. The Morgan fingerprint density at radius 3 is 2.54 bits per heavy atom. The van der Waals surface area contributed by atoms with Crippen molar-refractivity contribution < 1.29 is 19.1 Å². The van der Waals surface area contributed by atoms with E-state index in [2.05, 4.69) is 4.90 Å². The average molecular weight is 331 g/mol. The maximum atomic E-state index is 12.6. The van der Waals surface area contributed by atoms with E-state index in [4.69, 9.17) is 9.47 Å². The molecule has 0 aromatic heterocycles. The molecule has 2 bridgehead atoms. The van der Waals surface area contributed by atoms with Gasteiger partial charge >= 0.3 is 11.9 Å². The molecule has 2 fully saturated rings. The fourth-order valence-electron chi connectivity index (χ4n) is 3.94. The van der Waals surface area contributed by atoms with Gasteiger partial charge in [-0.1, -0.05) is 18.2 Å². The van der Waals surface area contributed by atoms with E-state index in [0.29, 0.717) is 18.0 Å². The first-order chi connectivity index (χ1) is 11.5. The fraction of sp³-hybridized carbons (Fsp3) is 0.579. The van der Waals surface area contributed by atoms with Gasteiger partial charge in [0.25, 0.3) is 0 Å². The molecule has 5 nitrogen and oxygen atoms in total. The van der Waals surface area contributed by atoms with Crippen LogP contribution >= 0.6 is 0 Å². The fourth-order valence-corrected chi connectivity index (χ4v) is 3.94.